The molecular formula is C10H6ClN3O3. The number of aromatic carboxylic acids is 1. The van der Waals surface area contributed by atoms with Crippen LogP contribution in [0.4, 0.5) is 0 Å². The van der Waals surface area contributed by atoms with Crippen LogP contribution < -0.4 is 4.74 Å². The Morgan fingerprint density at radius 2 is 2.12 bits per heavy atom. The zero-order chi connectivity index (χ0) is 12.3. The lowest BCUT2D eigenvalue weighted by atomic mass is 10.3. The number of rotatable bonds is 3. The van der Waals surface area contributed by atoms with E-state index in [4.69, 9.17) is 21.4 Å². The van der Waals surface area contributed by atoms with Crippen LogP contribution in [-0.2, 0) is 0 Å². The monoisotopic (exact) mass is 251 g/mol. The van der Waals surface area contributed by atoms with Crippen LogP contribution in [0.25, 0.3) is 0 Å². The van der Waals surface area contributed by atoms with E-state index in [0.29, 0.717) is 0 Å². The molecule has 0 aromatic carbocycles. The largest absolute Gasteiger partial charge is 0.476 e. The third kappa shape index (κ3) is 2.67. The first kappa shape index (κ1) is 11.3. The van der Waals surface area contributed by atoms with Gasteiger partial charge in [0.1, 0.15) is 0 Å². The highest BCUT2D eigenvalue weighted by molar-refractivity contribution is 6.29. The van der Waals surface area contributed by atoms with Gasteiger partial charge in [0.25, 0.3) is 0 Å². The second kappa shape index (κ2) is 4.75. The highest BCUT2D eigenvalue weighted by atomic mass is 35.5. The molecule has 1 N–H and O–H groups in total. The van der Waals surface area contributed by atoms with Crippen molar-refractivity contribution in [2.75, 3.05) is 0 Å². The second-order valence-electron chi connectivity index (χ2n) is 2.95. The zero-order valence-electron chi connectivity index (χ0n) is 8.37. The van der Waals surface area contributed by atoms with Crippen molar-refractivity contribution in [3.8, 4) is 11.6 Å². The molecular weight excluding hydrogens is 246 g/mol. The molecule has 0 aliphatic carbocycles. The molecule has 6 nitrogen and oxygen atoms in total. The average molecular weight is 252 g/mol. The van der Waals surface area contributed by atoms with Crippen molar-refractivity contribution in [1.29, 1.82) is 0 Å². The standard InChI is InChI=1S/C10H6ClN3O3/c11-7-3-4-8(14-13-7)17-6-2-1-5-12-9(6)10(15)16/h1-5H,(H,15,16). The van der Waals surface area contributed by atoms with Crippen LogP contribution in [0, 0.1) is 0 Å². The number of aromatic nitrogens is 3. The number of ether oxygens (including phenoxy) is 1. The highest BCUT2D eigenvalue weighted by Gasteiger charge is 2.13. The number of carbonyl (C=O) groups is 1. The summed E-state index contributed by atoms with van der Waals surface area (Å²) in [6.45, 7) is 0. The minimum atomic E-state index is -1.18. The van der Waals surface area contributed by atoms with E-state index in [9.17, 15) is 4.79 Å². The van der Waals surface area contributed by atoms with Crippen LogP contribution in [0.2, 0.25) is 5.15 Å². The number of carboxylic acids is 1. The number of hydrogen-bond acceptors (Lipinski definition) is 5. The maximum absolute atomic E-state index is 10.9. The van der Waals surface area contributed by atoms with Crippen molar-refractivity contribution in [1.82, 2.24) is 15.2 Å². The molecule has 0 spiro atoms. The molecule has 0 amide bonds. The second-order valence-corrected chi connectivity index (χ2v) is 3.34. The van der Waals surface area contributed by atoms with Crippen LogP contribution >= 0.6 is 11.6 Å². The Morgan fingerprint density at radius 3 is 2.76 bits per heavy atom. The molecule has 17 heavy (non-hydrogen) atoms. The summed E-state index contributed by atoms with van der Waals surface area (Å²) >= 11 is 5.56. The van der Waals surface area contributed by atoms with Gasteiger partial charge in [-0.2, -0.15) is 0 Å². The van der Waals surface area contributed by atoms with Crippen molar-refractivity contribution in [3.05, 3.63) is 41.3 Å². The van der Waals surface area contributed by atoms with E-state index >= 15 is 0 Å². The molecule has 0 radical (unpaired) electrons. The number of hydrogen-bond donors (Lipinski definition) is 1. The lowest BCUT2D eigenvalue weighted by molar-refractivity contribution is 0.0687. The molecule has 0 atom stereocenters. The Balaban J connectivity index is 2.30. The molecule has 2 aromatic rings. The maximum atomic E-state index is 10.9. The van der Waals surface area contributed by atoms with Gasteiger partial charge in [-0.15, -0.1) is 10.2 Å². The molecule has 0 saturated carbocycles. The van der Waals surface area contributed by atoms with E-state index in [2.05, 4.69) is 15.2 Å². The molecule has 0 aliphatic rings. The molecule has 7 heteroatoms. The molecule has 0 saturated heterocycles. The van der Waals surface area contributed by atoms with E-state index in [0.717, 1.165) is 0 Å². The minimum absolute atomic E-state index is 0.0941. The van der Waals surface area contributed by atoms with E-state index in [-0.39, 0.29) is 22.5 Å². The highest BCUT2D eigenvalue weighted by Crippen LogP contribution is 2.22. The summed E-state index contributed by atoms with van der Waals surface area (Å²) in [5.74, 6) is -0.941. The molecule has 0 aliphatic heterocycles. The summed E-state index contributed by atoms with van der Waals surface area (Å²) in [4.78, 5) is 14.6. The molecule has 0 unspecified atom stereocenters. The van der Waals surface area contributed by atoms with Crippen molar-refractivity contribution < 1.29 is 14.6 Å². The Hall–Kier alpha value is -2.21. The fourth-order valence-electron chi connectivity index (χ4n) is 1.10. The van der Waals surface area contributed by atoms with Gasteiger partial charge in [0.2, 0.25) is 5.88 Å². The zero-order valence-corrected chi connectivity index (χ0v) is 9.13. The van der Waals surface area contributed by atoms with Crippen LogP contribution in [0.15, 0.2) is 30.5 Å². The summed E-state index contributed by atoms with van der Waals surface area (Å²) in [5, 5.41) is 16.3. The van der Waals surface area contributed by atoms with Gasteiger partial charge < -0.3 is 9.84 Å². The third-order valence-electron chi connectivity index (χ3n) is 1.80. The van der Waals surface area contributed by atoms with Gasteiger partial charge in [-0.1, -0.05) is 11.6 Å². The summed E-state index contributed by atoms with van der Waals surface area (Å²) in [7, 11) is 0. The maximum Gasteiger partial charge on any atom is 0.358 e. The number of carboxylic acid groups (broad SMARTS) is 1. The van der Waals surface area contributed by atoms with Crippen molar-refractivity contribution in [3.63, 3.8) is 0 Å². The van der Waals surface area contributed by atoms with Gasteiger partial charge in [-0.3, -0.25) is 0 Å². The van der Waals surface area contributed by atoms with E-state index < -0.39 is 5.97 Å². The van der Waals surface area contributed by atoms with Crippen LogP contribution in [0.3, 0.4) is 0 Å². The van der Waals surface area contributed by atoms with E-state index in [1.165, 1.54) is 24.4 Å². The Morgan fingerprint density at radius 1 is 1.29 bits per heavy atom. The fraction of sp³-hybridized carbons (Fsp3) is 0. The summed E-state index contributed by atoms with van der Waals surface area (Å²) in [5.41, 5.74) is -0.191. The van der Waals surface area contributed by atoms with Crippen LogP contribution in [0.5, 0.6) is 11.6 Å². The minimum Gasteiger partial charge on any atom is -0.476 e. The van der Waals surface area contributed by atoms with Gasteiger partial charge in [0, 0.05) is 12.3 Å². The lowest BCUT2D eigenvalue weighted by Gasteiger charge is -2.05. The molecule has 2 heterocycles. The fourth-order valence-corrected chi connectivity index (χ4v) is 1.21. The first-order chi connectivity index (χ1) is 8.16. The number of pyridine rings is 1. The molecule has 86 valence electrons. The van der Waals surface area contributed by atoms with Crippen molar-refractivity contribution in [2.24, 2.45) is 0 Å². The predicted molar refractivity (Wildman–Crippen MR) is 58.3 cm³/mol. The van der Waals surface area contributed by atoms with Gasteiger partial charge in [0.05, 0.1) is 0 Å². The normalized spacial score (nSPS) is 9.94. The third-order valence-corrected chi connectivity index (χ3v) is 2.00. The SMILES string of the molecule is O=C(O)c1ncccc1Oc1ccc(Cl)nn1. The van der Waals surface area contributed by atoms with E-state index in [1.54, 1.807) is 6.07 Å². The van der Waals surface area contributed by atoms with Gasteiger partial charge in [-0.25, -0.2) is 9.78 Å². The first-order valence-electron chi connectivity index (χ1n) is 4.52. The van der Waals surface area contributed by atoms with Gasteiger partial charge in [-0.05, 0) is 18.2 Å². The predicted octanol–water partition coefficient (Wildman–Crippen LogP) is 2.02. The topological polar surface area (TPSA) is 85.2 Å². The van der Waals surface area contributed by atoms with Crippen LogP contribution in [0.1, 0.15) is 10.5 Å². The first-order valence-corrected chi connectivity index (χ1v) is 4.90. The van der Waals surface area contributed by atoms with Crippen molar-refractivity contribution in [2.45, 2.75) is 0 Å². The number of nitrogens with zero attached hydrogens (tertiary/aromatic N) is 3. The molecule has 0 bridgehead atoms. The Kier molecular flexibility index (Phi) is 3.15. The summed E-state index contributed by atoms with van der Waals surface area (Å²) < 4.78 is 5.25. The Bertz CT molecular complexity index is 545. The van der Waals surface area contributed by atoms with E-state index in [1.807, 2.05) is 0 Å². The summed E-state index contributed by atoms with van der Waals surface area (Å²) in [6, 6.07) is 6.01. The van der Waals surface area contributed by atoms with Crippen molar-refractivity contribution >= 4 is 17.6 Å². The average Bonchev–Trinajstić information content (AvgIpc) is 2.32. The van der Waals surface area contributed by atoms with Gasteiger partial charge >= 0.3 is 5.97 Å². The lowest BCUT2D eigenvalue weighted by Crippen LogP contribution is -2.03. The summed E-state index contributed by atoms with van der Waals surface area (Å²) in [6.07, 6.45) is 1.36. The van der Waals surface area contributed by atoms with Gasteiger partial charge in [0.15, 0.2) is 16.6 Å². The quantitative estimate of drug-likeness (QED) is 0.898. The number of halogens is 1. The molecule has 2 rings (SSSR count). The smallest absolute Gasteiger partial charge is 0.358 e. The Labute approximate surface area is 101 Å². The molecule has 0 fully saturated rings. The van der Waals surface area contributed by atoms with Crippen LogP contribution in [-0.4, -0.2) is 26.3 Å². The molecule has 2 aromatic heterocycles.